The van der Waals surface area contributed by atoms with Gasteiger partial charge < -0.3 is 9.97 Å². The van der Waals surface area contributed by atoms with Gasteiger partial charge in [-0.3, -0.25) is 19.9 Å². The molecule has 3 radical (unpaired) electrons. The number of pyridine rings is 6. The van der Waals surface area contributed by atoms with Crippen LogP contribution in [0.2, 0.25) is 19.6 Å². The van der Waals surface area contributed by atoms with Crippen molar-refractivity contribution >= 4 is 67.6 Å². The molecular formula is C117H92Ir3N6Si-6. The van der Waals surface area contributed by atoms with E-state index in [0.29, 0.717) is 0 Å². The summed E-state index contributed by atoms with van der Waals surface area (Å²) in [5.74, 6) is 0. The van der Waals surface area contributed by atoms with Gasteiger partial charge in [0.25, 0.3) is 0 Å². The predicted molar refractivity (Wildman–Crippen MR) is 519 cm³/mol. The van der Waals surface area contributed by atoms with E-state index in [1.165, 1.54) is 110 Å². The molecule has 627 valence electrons. The molecule has 6 aromatic heterocycles. The zero-order chi connectivity index (χ0) is 85.1. The Labute approximate surface area is 788 Å². The average molecular weight is 2190 g/mol. The molecule has 127 heavy (non-hydrogen) atoms. The van der Waals surface area contributed by atoms with E-state index in [4.69, 9.17) is 15.0 Å². The van der Waals surface area contributed by atoms with Crippen molar-refractivity contribution in [1.82, 2.24) is 29.9 Å². The topological polar surface area (TPSA) is 77.3 Å². The van der Waals surface area contributed by atoms with Gasteiger partial charge in [0.05, 0.1) is 30.1 Å². The number of para-hydroxylation sites is 4. The van der Waals surface area contributed by atoms with Gasteiger partial charge in [0.1, 0.15) is 0 Å². The maximum Gasteiger partial charge on any atom is 0.0776 e. The second kappa shape index (κ2) is 38.3. The van der Waals surface area contributed by atoms with Crippen LogP contribution >= 0.6 is 0 Å². The summed E-state index contributed by atoms with van der Waals surface area (Å²) < 4.78 is 0. The predicted octanol–water partition coefficient (Wildman–Crippen LogP) is 28.8. The van der Waals surface area contributed by atoms with Crippen LogP contribution in [0.15, 0.2) is 376 Å². The SMILES string of the molecule is CC1(C)c2cc(-c3ccc4ccccc4n3)[c-]cc2-c2ccc([Si](C)(C)C)cc21.CC1(C)c2ccccc2-c2c[c-]c(-c3ccc4ccccc4n3)cc21.Cc1ccc2c(c1)C(C)(C)c1cc(-c3ccc4ccccc4n3)[c-]cc1-2.[Ir].[Ir].[Ir].[c-]1ccccc1-c1cc2ccccc2cn1.[c-]1ccccc1-c1ccc2ccccc2n1.[c-]1ccccc1-c1ccccn1. The van der Waals surface area contributed by atoms with Crippen molar-refractivity contribution < 1.29 is 60.3 Å². The Bertz CT molecular complexity index is 7180. The Morgan fingerprint density at radius 1 is 0.244 bits per heavy atom. The van der Waals surface area contributed by atoms with E-state index < -0.39 is 8.07 Å². The van der Waals surface area contributed by atoms with Crippen molar-refractivity contribution in [3.05, 3.63) is 452 Å². The molecule has 0 fully saturated rings. The van der Waals surface area contributed by atoms with Crippen LogP contribution in [-0.4, -0.2) is 38.0 Å². The van der Waals surface area contributed by atoms with Crippen LogP contribution in [0.25, 0.3) is 155 Å². The Morgan fingerprint density at radius 3 is 1.02 bits per heavy atom. The van der Waals surface area contributed by atoms with E-state index in [1.54, 1.807) is 6.20 Å². The Balaban J connectivity index is 0.000000119. The van der Waals surface area contributed by atoms with Gasteiger partial charge in [-0.25, -0.2) is 0 Å². The average Bonchev–Trinajstić information content (AvgIpc) is 1.58. The largest absolute Gasteiger partial charge is 0.305 e. The van der Waals surface area contributed by atoms with Crippen LogP contribution in [-0.2, 0) is 76.6 Å². The molecule has 0 spiro atoms. The minimum Gasteiger partial charge on any atom is -0.305 e. The summed E-state index contributed by atoms with van der Waals surface area (Å²) >= 11 is 0. The second-order valence-electron chi connectivity index (χ2n) is 34.5. The van der Waals surface area contributed by atoms with Gasteiger partial charge in [0, 0.05) is 72.7 Å². The number of rotatable bonds is 7. The van der Waals surface area contributed by atoms with Crippen molar-refractivity contribution in [2.45, 2.75) is 84.4 Å². The number of hydrogen-bond donors (Lipinski definition) is 0. The summed E-state index contributed by atoms with van der Waals surface area (Å²) in [6, 6.07) is 145. The molecule has 0 aliphatic heterocycles. The molecular weight excluding hydrogens is 2090 g/mol. The molecule has 23 rings (SSSR count). The molecule has 6 heterocycles. The maximum atomic E-state index is 4.89. The third-order valence-corrected chi connectivity index (χ3v) is 26.3. The fourth-order valence-corrected chi connectivity index (χ4v) is 18.4. The first-order valence-electron chi connectivity index (χ1n) is 42.4. The maximum absolute atomic E-state index is 4.89. The van der Waals surface area contributed by atoms with Gasteiger partial charge in [0.15, 0.2) is 0 Å². The first kappa shape index (κ1) is 89.3. The van der Waals surface area contributed by atoms with Crippen molar-refractivity contribution in [1.29, 1.82) is 0 Å². The number of fused-ring (bicyclic) bond motifs is 14. The molecule has 20 aromatic rings. The van der Waals surface area contributed by atoms with Gasteiger partial charge in [-0.05, 0) is 137 Å². The fourth-order valence-electron chi connectivity index (χ4n) is 17.3. The zero-order valence-electron chi connectivity index (χ0n) is 72.5. The first-order valence-corrected chi connectivity index (χ1v) is 45.9. The van der Waals surface area contributed by atoms with Crippen LogP contribution in [0.4, 0.5) is 0 Å². The zero-order valence-corrected chi connectivity index (χ0v) is 80.7. The molecule has 0 saturated heterocycles. The molecule has 0 unspecified atom stereocenters. The normalized spacial score (nSPS) is 12.6. The van der Waals surface area contributed by atoms with Crippen molar-refractivity contribution in [3.63, 3.8) is 0 Å². The van der Waals surface area contributed by atoms with Crippen LogP contribution in [0.3, 0.4) is 0 Å². The number of aromatic nitrogens is 6. The van der Waals surface area contributed by atoms with E-state index in [9.17, 15) is 0 Å². The molecule has 0 N–H and O–H groups in total. The van der Waals surface area contributed by atoms with Crippen LogP contribution < -0.4 is 5.19 Å². The van der Waals surface area contributed by atoms with E-state index in [1.807, 2.05) is 164 Å². The molecule has 0 atom stereocenters. The third kappa shape index (κ3) is 18.8. The summed E-state index contributed by atoms with van der Waals surface area (Å²) in [6.07, 6.45) is 3.70. The molecule has 14 aromatic carbocycles. The number of benzene rings is 14. The minimum atomic E-state index is -1.35. The Kier molecular flexibility index (Phi) is 26.9. The van der Waals surface area contributed by atoms with Gasteiger partial charge in [-0.2, -0.15) is 0 Å². The number of aryl methyl sites for hydroxylation is 1. The second-order valence-corrected chi connectivity index (χ2v) is 39.6. The van der Waals surface area contributed by atoms with Gasteiger partial charge in [-0.15, -0.1) is 196 Å². The molecule has 6 nitrogen and oxygen atoms in total. The Morgan fingerprint density at radius 2 is 0.591 bits per heavy atom. The van der Waals surface area contributed by atoms with Crippen molar-refractivity contribution in [2.75, 3.05) is 0 Å². The van der Waals surface area contributed by atoms with Crippen molar-refractivity contribution in [2.24, 2.45) is 0 Å². The van der Waals surface area contributed by atoms with Gasteiger partial charge in [0.2, 0.25) is 0 Å². The van der Waals surface area contributed by atoms with Crippen LogP contribution in [0.5, 0.6) is 0 Å². The van der Waals surface area contributed by atoms with E-state index in [0.717, 1.165) is 89.6 Å². The van der Waals surface area contributed by atoms with Gasteiger partial charge in [-0.1, -0.05) is 330 Å². The van der Waals surface area contributed by atoms with E-state index in [2.05, 4.69) is 326 Å². The number of hydrogen-bond acceptors (Lipinski definition) is 6. The molecule has 0 amide bonds. The quantitative estimate of drug-likeness (QED) is 0.117. The third-order valence-electron chi connectivity index (χ3n) is 24.2. The molecule has 0 bridgehead atoms. The summed E-state index contributed by atoms with van der Waals surface area (Å²) in [4.78, 5) is 27.9. The number of nitrogens with zero attached hydrogens (tertiary/aromatic N) is 6. The van der Waals surface area contributed by atoms with E-state index >= 15 is 0 Å². The summed E-state index contributed by atoms with van der Waals surface area (Å²) in [6.45, 7) is 23.3. The monoisotopic (exact) mass is 2190 g/mol. The molecule has 3 aliphatic carbocycles. The van der Waals surface area contributed by atoms with Crippen LogP contribution in [0.1, 0.15) is 80.5 Å². The fraction of sp³-hybridized carbons (Fsp3) is 0.111. The Hall–Kier alpha value is -12.6. The first-order chi connectivity index (χ1) is 60.3. The minimum absolute atomic E-state index is 0. The van der Waals surface area contributed by atoms with Crippen molar-refractivity contribution in [3.8, 4) is 101 Å². The summed E-state index contributed by atoms with van der Waals surface area (Å²) in [5.41, 5.74) is 33.9. The van der Waals surface area contributed by atoms with Crippen LogP contribution in [0, 0.1) is 43.3 Å². The van der Waals surface area contributed by atoms with Gasteiger partial charge >= 0.3 is 0 Å². The summed E-state index contributed by atoms with van der Waals surface area (Å²) in [7, 11) is -1.35. The smallest absolute Gasteiger partial charge is 0.0776 e. The standard InChI is InChI=1S/C27H26NSi.C25H20N.C24H18N.2C15H10N.C11H8N.3Ir/c1-27(2)23-16-19(26-15-11-18-8-6-7-9-25(18)28-26)10-13-21(23)22-14-12-20(17-24(22)27)29(3,4)5;1-16-8-11-19-20-12-9-18(15-22(20)25(2,3)21(19)14-16)24-13-10-17-6-4-5-7-23(17)26-24;1-24(2)20-9-5-4-8-18(20)19-13-11-17(15-21(19)24)23-14-12-16-7-3-6-10-22(16)25-23;1-2-6-12(7-3-1)15-10-13-8-4-5-9-14(13)11-16-15;1-2-6-12(7-3-1)15-11-10-13-8-4-5-9-14(13)16-15;1-2-6-10(7-3-1)11-8-4-5-9-12-11;;;/h6-9,11-17H,1-5H3;4-8,10-15H,1-3H3;3-10,12-15H,1-2H3;2*1-6,8-11H;1-6,8-9H;;;/q6*-1;;;. The molecule has 0 saturated carbocycles. The summed E-state index contributed by atoms with van der Waals surface area (Å²) in [5, 5.41) is 8.58. The molecule has 3 aliphatic rings. The van der Waals surface area contributed by atoms with E-state index in [-0.39, 0.29) is 76.6 Å². The molecule has 10 heteroatoms.